The van der Waals surface area contributed by atoms with E-state index in [2.05, 4.69) is 24.3 Å². The Balaban J connectivity index is 2.01. The molecular formula is C10H8Cl2Mo. The zero-order valence-corrected chi connectivity index (χ0v) is 10.4. The third-order valence-electron chi connectivity index (χ3n) is 3.72. The van der Waals surface area contributed by atoms with E-state index < -0.39 is 11.5 Å². The first kappa shape index (κ1) is 7.51. The van der Waals surface area contributed by atoms with Gasteiger partial charge in [0.15, 0.2) is 0 Å². The van der Waals surface area contributed by atoms with Gasteiger partial charge in [-0.15, -0.1) is 0 Å². The molecule has 13 heavy (non-hydrogen) atoms. The Hall–Kier alpha value is 0.228. The summed E-state index contributed by atoms with van der Waals surface area (Å²) >= 11 is -3.75. The summed E-state index contributed by atoms with van der Waals surface area (Å²) in [6, 6.07) is 0. The Kier molecular flexibility index (Phi) is 0.807. The van der Waals surface area contributed by atoms with Crippen LogP contribution < -0.4 is 0 Å². The molecule has 0 saturated heterocycles. The Labute approximate surface area is 82.9 Å². The molecule has 3 heteroatoms. The first-order valence-electron chi connectivity index (χ1n) is 4.39. The van der Waals surface area contributed by atoms with Crippen molar-refractivity contribution in [3.63, 3.8) is 0 Å². The molecule has 4 aliphatic rings. The van der Waals surface area contributed by atoms with Crippen LogP contribution in [0.2, 0.25) is 0 Å². The van der Waals surface area contributed by atoms with Gasteiger partial charge in [0, 0.05) is 0 Å². The Morgan fingerprint density at radius 2 is 1.38 bits per heavy atom. The molecule has 0 N–H and O–H groups in total. The fraction of sp³-hybridized carbons (Fsp3) is 0.200. The second-order valence-corrected chi connectivity index (χ2v) is 25.1. The van der Waals surface area contributed by atoms with Gasteiger partial charge in [0.25, 0.3) is 0 Å². The first-order valence-corrected chi connectivity index (χ1v) is 13.6. The predicted octanol–water partition coefficient (Wildman–Crippen LogP) is 3.89. The number of hydrogen-bond donors (Lipinski definition) is 0. The summed E-state index contributed by atoms with van der Waals surface area (Å²) in [6.45, 7) is 0. The molecule has 0 radical (unpaired) electrons. The van der Waals surface area contributed by atoms with Crippen molar-refractivity contribution in [2.45, 2.75) is 12.8 Å². The van der Waals surface area contributed by atoms with Crippen LogP contribution in [0.4, 0.5) is 0 Å². The Morgan fingerprint density at radius 1 is 0.923 bits per heavy atom. The Bertz CT molecular complexity index is 481. The van der Waals surface area contributed by atoms with Gasteiger partial charge >= 0.3 is 83.3 Å². The van der Waals surface area contributed by atoms with Gasteiger partial charge in [-0.1, -0.05) is 0 Å². The van der Waals surface area contributed by atoms with E-state index in [-0.39, 0.29) is 0 Å². The van der Waals surface area contributed by atoms with E-state index in [1.54, 1.807) is 0 Å². The van der Waals surface area contributed by atoms with Crippen molar-refractivity contribution >= 4 is 18.8 Å². The van der Waals surface area contributed by atoms with E-state index in [1.165, 1.54) is 15.9 Å². The topological polar surface area (TPSA) is 0 Å². The zero-order chi connectivity index (χ0) is 8.96. The van der Waals surface area contributed by atoms with Crippen LogP contribution in [-0.2, 0) is 11.5 Å². The monoisotopic (exact) mass is 296 g/mol. The van der Waals surface area contributed by atoms with Gasteiger partial charge in [-0.05, 0) is 0 Å². The molecule has 0 fully saturated rings. The van der Waals surface area contributed by atoms with Crippen LogP contribution in [0.3, 0.4) is 0 Å². The zero-order valence-electron chi connectivity index (χ0n) is 6.89. The average molecular weight is 295 g/mol. The summed E-state index contributed by atoms with van der Waals surface area (Å²) in [5.74, 6) is 0. The summed E-state index contributed by atoms with van der Waals surface area (Å²) in [5.41, 5.74) is 0. The van der Waals surface area contributed by atoms with Crippen molar-refractivity contribution in [3.05, 3.63) is 40.2 Å². The second-order valence-electron chi connectivity index (χ2n) is 4.08. The molecule has 4 rings (SSSR count). The SMILES string of the molecule is [Cl][Mo]12([Cl])([C]3=[C]1CC=C3)[C]1=[C]2CC=C1. The van der Waals surface area contributed by atoms with Crippen molar-refractivity contribution in [2.24, 2.45) is 0 Å². The normalized spacial score (nSPS) is 42.3. The van der Waals surface area contributed by atoms with Gasteiger partial charge in [0.1, 0.15) is 0 Å². The number of hydrogen-bond acceptors (Lipinski definition) is 0. The molecule has 2 heterocycles. The predicted molar refractivity (Wildman–Crippen MR) is 53.3 cm³/mol. The van der Waals surface area contributed by atoms with E-state index >= 15 is 0 Å². The van der Waals surface area contributed by atoms with E-state index in [1.807, 2.05) is 0 Å². The van der Waals surface area contributed by atoms with Gasteiger partial charge in [-0.25, -0.2) is 0 Å². The van der Waals surface area contributed by atoms with Gasteiger partial charge in [0.2, 0.25) is 0 Å². The minimum absolute atomic E-state index is 1.01. The molecule has 0 aromatic heterocycles. The quantitative estimate of drug-likeness (QED) is 0.595. The maximum atomic E-state index is 6.90. The molecule has 0 atom stereocenters. The van der Waals surface area contributed by atoms with Crippen molar-refractivity contribution < 1.29 is 11.5 Å². The maximum absolute atomic E-state index is 6.90. The molecule has 0 unspecified atom stereocenters. The number of fused-ring (bicyclic) bond motifs is 4. The van der Waals surface area contributed by atoms with Gasteiger partial charge in [0.05, 0.1) is 0 Å². The van der Waals surface area contributed by atoms with E-state index in [4.69, 9.17) is 18.8 Å². The third kappa shape index (κ3) is 0.405. The van der Waals surface area contributed by atoms with E-state index in [0.717, 1.165) is 12.8 Å². The number of allylic oxidation sites excluding steroid dienone is 8. The molecule has 2 aliphatic carbocycles. The summed E-state index contributed by atoms with van der Waals surface area (Å²) in [4.78, 5) is 0. The van der Waals surface area contributed by atoms with Crippen LogP contribution in [0.25, 0.3) is 0 Å². The molecule has 0 aromatic rings. The van der Waals surface area contributed by atoms with Crippen LogP contribution in [0.15, 0.2) is 40.2 Å². The molecule has 0 aromatic carbocycles. The van der Waals surface area contributed by atoms with Crippen molar-refractivity contribution in [1.29, 1.82) is 0 Å². The number of rotatable bonds is 0. The van der Waals surface area contributed by atoms with Gasteiger partial charge in [-0.3, -0.25) is 0 Å². The molecule has 0 amide bonds. The van der Waals surface area contributed by atoms with E-state index in [9.17, 15) is 0 Å². The molecule has 0 saturated carbocycles. The third-order valence-corrected chi connectivity index (χ3v) is 25.2. The molecule has 68 valence electrons. The molecule has 0 nitrogen and oxygen atoms in total. The fourth-order valence-corrected chi connectivity index (χ4v) is 28.4. The van der Waals surface area contributed by atoms with Crippen LogP contribution >= 0.6 is 18.8 Å². The fourth-order valence-electron chi connectivity index (χ4n) is 2.97. The number of halogens is 2. The van der Waals surface area contributed by atoms with Crippen LogP contribution in [-0.4, -0.2) is 0 Å². The summed E-state index contributed by atoms with van der Waals surface area (Å²) in [6.07, 6.45) is 10.7. The summed E-state index contributed by atoms with van der Waals surface area (Å²) < 4.78 is 5.47. The van der Waals surface area contributed by atoms with Crippen LogP contribution in [0.5, 0.6) is 0 Å². The minimum atomic E-state index is -3.75. The van der Waals surface area contributed by atoms with Gasteiger partial charge in [-0.2, -0.15) is 0 Å². The molecule has 1 spiro atoms. The van der Waals surface area contributed by atoms with Crippen molar-refractivity contribution in [2.75, 3.05) is 0 Å². The molecular weight excluding hydrogens is 287 g/mol. The van der Waals surface area contributed by atoms with Crippen molar-refractivity contribution in [1.82, 2.24) is 0 Å². The first-order chi connectivity index (χ1) is 6.06. The van der Waals surface area contributed by atoms with Crippen LogP contribution in [0, 0.1) is 0 Å². The van der Waals surface area contributed by atoms with Crippen LogP contribution in [0.1, 0.15) is 12.8 Å². The summed E-state index contributed by atoms with van der Waals surface area (Å²) in [7, 11) is 13.8. The van der Waals surface area contributed by atoms with Crippen molar-refractivity contribution in [3.8, 4) is 0 Å². The van der Waals surface area contributed by atoms with E-state index in [0.29, 0.717) is 0 Å². The van der Waals surface area contributed by atoms with Gasteiger partial charge < -0.3 is 0 Å². The average Bonchev–Trinajstić information content (AvgIpc) is 2.77. The molecule has 2 aliphatic heterocycles. The summed E-state index contributed by atoms with van der Waals surface area (Å²) in [5, 5.41) is 0. The Morgan fingerprint density at radius 3 is 1.69 bits per heavy atom. The molecule has 0 bridgehead atoms. The second kappa shape index (κ2) is 1.40. The standard InChI is InChI=1S/2C5H4.2ClH.Mo/c2*1-2-4-5-3-1;;;/h2*1-2H,3H2;2*1H;/q;;;;+2/p-2.